The number of amides is 2. The first kappa shape index (κ1) is 9.86. The Labute approximate surface area is 87.7 Å². The summed E-state index contributed by atoms with van der Waals surface area (Å²) in [7, 11) is 0. The summed E-state index contributed by atoms with van der Waals surface area (Å²) >= 11 is 0. The van der Waals surface area contributed by atoms with Gasteiger partial charge in [0.2, 0.25) is 11.8 Å². The molecule has 1 fully saturated rings. The third-order valence-corrected chi connectivity index (χ3v) is 2.50. The van der Waals surface area contributed by atoms with Crippen LogP contribution in [0.5, 0.6) is 0 Å². The van der Waals surface area contributed by atoms with Gasteiger partial charge in [-0.1, -0.05) is 18.2 Å². The van der Waals surface area contributed by atoms with E-state index in [1.807, 2.05) is 12.1 Å². The third kappa shape index (κ3) is 1.64. The fraction of sp³-hybridized carbons (Fsp3) is 0.273. The van der Waals surface area contributed by atoms with E-state index in [0.717, 1.165) is 5.56 Å². The van der Waals surface area contributed by atoms with Crippen LogP contribution in [-0.2, 0) is 16.1 Å². The van der Waals surface area contributed by atoms with E-state index < -0.39 is 0 Å². The third-order valence-electron chi connectivity index (χ3n) is 2.50. The minimum Gasteiger partial charge on any atom is -0.326 e. The van der Waals surface area contributed by atoms with Crippen LogP contribution in [0.15, 0.2) is 24.3 Å². The molecule has 0 atom stereocenters. The monoisotopic (exact) mass is 204 g/mol. The van der Waals surface area contributed by atoms with E-state index in [9.17, 15) is 9.59 Å². The molecule has 0 aliphatic carbocycles. The summed E-state index contributed by atoms with van der Waals surface area (Å²) < 4.78 is 0. The van der Waals surface area contributed by atoms with Crippen molar-refractivity contribution in [3.63, 3.8) is 0 Å². The van der Waals surface area contributed by atoms with Crippen molar-refractivity contribution in [3.8, 4) is 0 Å². The zero-order valence-corrected chi connectivity index (χ0v) is 8.27. The lowest BCUT2D eigenvalue weighted by Gasteiger charge is -2.16. The van der Waals surface area contributed by atoms with Crippen LogP contribution in [0.3, 0.4) is 0 Å². The molecule has 0 bridgehead atoms. The second-order valence-corrected chi connectivity index (χ2v) is 3.46. The molecular formula is C11H12N2O2. The van der Waals surface area contributed by atoms with Gasteiger partial charge in [0.25, 0.3) is 0 Å². The Balaban J connectivity index is 2.44. The van der Waals surface area contributed by atoms with E-state index in [1.54, 1.807) is 12.1 Å². The Hall–Kier alpha value is -1.68. The van der Waals surface area contributed by atoms with Gasteiger partial charge in [-0.15, -0.1) is 0 Å². The highest BCUT2D eigenvalue weighted by Gasteiger charge is 2.31. The fourth-order valence-electron chi connectivity index (χ4n) is 1.75. The van der Waals surface area contributed by atoms with E-state index >= 15 is 0 Å². The number of hydrogen-bond acceptors (Lipinski definition) is 3. The van der Waals surface area contributed by atoms with Gasteiger partial charge in [-0.25, -0.2) is 0 Å². The second-order valence-electron chi connectivity index (χ2n) is 3.46. The maximum absolute atomic E-state index is 11.5. The summed E-state index contributed by atoms with van der Waals surface area (Å²) in [6, 6.07) is 7.22. The number of anilines is 1. The molecule has 1 aromatic rings. The van der Waals surface area contributed by atoms with Gasteiger partial charge in [0, 0.05) is 19.4 Å². The molecule has 0 aromatic heterocycles. The molecule has 4 heteroatoms. The van der Waals surface area contributed by atoms with Crippen LogP contribution >= 0.6 is 0 Å². The van der Waals surface area contributed by atoms with Crippen LogP contribution in [0.2, 0.25) is 0 Å². The van der Waals surface area contributed by atoms with Crippen LogP contribution in [0.4, 0.5) is 5.69 Å². The maximum atomic E-state index is 11.5. The topological polar surface area (TPSA) is 63.4 Å². The summed E-state index contributed by atoms with van der Waals surface area (Å²) in [6.07, 6.45) is 0.607. The molecule has 0 spiro atoms. The number of benzene rings is 1. The minimum absolute atomic E-state index is 0.138. The van der Waals surface area contributed by atoms with Crippen molar-refractivity contribution in [2.45, 2.75) is 19.4 Å². The number of nitrogens with two attached hydrogens (primary N) is 1. The van der Waals surface area contributed by atoms with Crippen LogP contribution in [0, 0.1) is 0 Å². The lowest BCUT2D eigenvalue weighted by Crippen LogP contribution is -2.29. The van der Waals surface area contributed by atoms with Gasteiger partial charge < -0.3 is 5.73 Å². The van der Waals surface area contributed by atoms with E-state index in [0.29, 0.717) is 25.1 Å². The van der Waals surface area contributed by atoms with Crippen molar-refractivity contribution in [1.29, 1.82) is 0 Å². The van der Waals surface area contributed by atoms with Crippen molar-refractivity contribution in [1.82, 2.24) is 0 Å². The molecule has 78 valence electrons. The van der Waals surface area contributed by atoms with Crippen LogP contribution in [0.25, 0.3) is 0 Å². The van der Waals surface area contributed by atoms with Gasteiger partial charge in [0.1, 0.15) is 0 Å². The van der Waals surface area contributed by atoms with Gasteiger partial charge in [-0.05, 0) is 11.6 Å². The number of carbonyl (C=O) groups is 2. The second kappa shape index (κ2) is 3.82. The molecule has 0 saturated carbocycles. The predicted molar refractivity (Wildman–Crippen MR) is 56.1 cm³/mol. The summed E-state index contributed by atoms with van der Waals surface area (Å²) in [5.74, 6) is -0.276. The van der Waals surface area contributed by atoms with Crippen molar-refractivity contribution in [2.75, 3.05) is 4.90 Å². The molecule has 1 heterocycles. The van der Waals surface area contributed by atoms with E-state index in [2.05, 4.69) is 0 Å². The molecule has 1 aliphatic heterocycles. The number of carbonyl (C=O) groups excluding carboxylic acids is 2. The molecule has 1 saturated heterocycles. The first-order valence-corrected chi connectivity index (χ1v) is 4.88. The van der Waals surface area contributed by atoms with Gasteiger partial charge in [-0.2, -0.15) is 0 Å². The quantitative estimate of drug-likeness (QED) is 0.725. The van der Waals surface area contributed by atoms with Gasteiger partial charge in [0.05, 0.1) is 5.69 Å². The SMILES string of the molecule is NCc1ccccc1N1C(=O)CCC1=O. The molecule has 4 nitrogen and oxygen atoms in total. The average Bonchev–Trinajstić information content (AvgIpc) is 2.59. The molecule has 15 heavy (non-hydrogen) atoms. The van der Waals surface area contributed by atoms with Crippen LogP contribution in [0.1, 0.15) is 18.4 Å². The van der Waals surface area contributed by atoms with Gasteiger partial charge in [-0.3, -0.25) is 14.5 Å². The first-order valence-electron chi connectivity index (χ1n) is 4.88. The zero-order valence-electron chi connectivity index (χ0n) is 8.27. The number of para-hydroxylation sites is 1. The van der Waals surface area contributed by atoms with Crippen molar-refractivity contribution in [3.05, 3.63) is 29.8 Å². The van der Waals surface area contributed by atoms with Crippen molar-refractivity contribution in [2.24, 2.45) is 5.73 Å². The zero-order chi connectivity index (χ0) is 10.8. The molecule has 2 amide bonds. The highest BCUT2D eigenvalue weighted by Crippen LogP contribution is 2.25. The van der Waals surface area contributed by atoms with E-state index in [-0.39, 0.29) is 11.8 Å². The van der Waals surface area contributed by atoms with E-state index in [4.69, 9.17) is 5.73 Å². The van der Waals surface area contributed by atoms with Crippen LogP contribution in [-0.4, -0.2) is 11.8 Å². The highest BCUT2D eigenvalue weighted by molar-refractivity contribution is 6.20. The van der Waals surface area contributed by atoms with Crippen molar-refractivity contribution < 1.29 is 9.59 Å². The fourth-order valence-corrected chi connectivity index (χ4v) is 1.75. The standard InChI is InChI=1S/C11H12N2O2/c12-7-8-3-1-2-4-9(8)13-10(14)5-6-11(13)15/h1-4H,5-7,12H2. The molecular weight excluding hydrogens is 192 g/mol. The Morgan fingerprint density at radius 2 is 1.73 bits per heavy atom. The van der Waals surface area contributed by atoms with E-state index in [1.165, 1.54) is 4.90 Å². The molecule has 1 aliphatic rings. The normalized spacial score (nSPS) is 16.2. The largest absolute Gasteiger partial charge is 0.326 e. The Bertz CT molecular complexity index is 399. The van der Waals surface area contributed by atoms with Gasteiger partial charge in [0.15, 0.2) is 0 Å². The Kier molecular flexibility index (Phi) is 2.51. The average molecular weight is 204 g/mol. The number of nitrogens with zero attached hydrogens (tertiary/aromatic N) is 1. The highest BCUT2D eigenvalue weighted by atomic mass is 16.2. The first-order chi connectivity index (χ1) is 7.24. The van der Waals surface area contributed by atoms with Crippen LogP contribution < -0.4 is 10.6 Å². The summed E-state index contributed by atoms with van der Waals surface area (Å²) in [6.45, 7) is 0.327. The summed E-state index contributed by atoms with van der Waals surface area (Å²) in [5.41, 5.74) is 7.01. The Morgan fingerprint density at radius 1 is 1.13 bits per heavy atom. The molecule has 1 aromatic carbocycles. The summed E-state index contributed by atoms with van der Waals surface area (Å²) in [4.78, 5) is 24.3. The lowest BCUT2D eigenvalue weighted by molar-refractivity contribution is -0.121. The number of rotatable bonds is 2. The molecule has 2 rings (SSSR count). The number of hydrogen-bond donors (Lipinski definition) is 1. The van der Waals surface area contributed by atoms with Crippen molar-refractivity contribution >= 4 is 17.5 Å². The maximum Gasteiger partial charge on any atom is 0.234 e. The number of imide groups is 1. The molecule has 2 N–H and O–H groups in total. The Morgan fingerprint density at radius 3 is 2.33 bits per heavy atom. The minimum atomic E-state index is -0.138. The summed E-state index contributed by atoms with van der Waals surface area (Å²) in [5, 5.41) is 0. The predicted octanol–water partition coefficient (Wildman–Crippen LogP) is 0.799. The van der Waals surface area contributed by atoms with Gasteiger partial charge >= 0.3 is 0 Å². The molecule has 0 radical (unpaired) electrons. The lowest BCUT2D eigenvalue weighted by atomic mass is 10.1. The molecule has 0 unspecified atom stereocenters. The smallest absolute Gasteiger partial charge is 0.234 e.